The summed E-state index contributed by atoms with van der Waals surface area (Å²) in [7, 11) is -3.08. The number of likely N-dealkylation sites (N-methyl/N-ethyl adjacent to an activating group) is 1. The lowest BCUT2D eigenvalue weighted by atomic mass is 9.85. The number of fused-ring (bicyclic) bond motifs is 1. The van der Waals surface area contributed by atoms with Gasteiger partial charge in [0.05, 0.1) is 10.9 Å². The van der Waals surface area contributed by atoms with Crippen LogP contribution in [0.2, 0.25) is 0 Å². The Morgan fingerprint density at radius 2 is 1.59 bits per heavy atom. The van der Waals surface area contributed by atoms with Crippen molar-refractivity contribution in [1.82, 2.24) is 25.2 Å². The first-order valence-electron chi connectivity index (χ1n) is 16.7. The zero-order valence-electron chi connectivity index (χ0n) is 29.5. The molecule has 5 N–H and O–H groups in total. The number of rotatable bonds is 13. The monoisotopic (exact) mass is 702 g/mol. The minimum absolute atomic E-state index is 0.000382. The summed E-state index contributed by atoms with van der Waals surface area (Å²) in [6.45, 7) is 12.8. The Morgan fingerprint density at radius 3 is 2.10 bits per heavy atom. The van der Waals surface area contributed by atoms with E-state index < -0.39 is 81.0 Å². The summed E-state index contributed by atoms with van der Waals surface area (Å²) in [6, 6.07) is 2.11. The summed E-state index contributed by atoms with van der Waals surface area (Å²) in [5.41, 5.74) is 4.17. The number of carbonyl (C=O) groups excluding carboxylic acids is 6. The predicted octanol–water partition coefficient (Wildman–Crippen LogP) is 1.39. The number of carbonyl (C=O) groups is 6. The first kappa shape index (κ1) is 37.8. The van der Waals surface area contributed by atoms with E-state index in [4.69, 9.17) is 5.73 Å². The lowest BCUT2D eigenvalue weighted by Crippen LogP contribution is -2.62. The molecule has 6 atom stereocenters. The Hall–Kier alpha value is -4.01. The third-order valence-electron chi connectivity index (χ3n) is 10.2. The molecule has 2 aliphatic carbocycles. The molecule has 3 fully saturated rings. The van der Waals surface area contributed by atoms with Gasteiger partial charge in [-0.2, -0.15) is 0 Å². The topological polar surface area (TPSA) is 205 Å². The van der Waals surface area contributed by atoms with E-state index >= 15 is 0 Å². The van der Waals surface area contributed by atoms with Crippen molar-refractivity contribution in [2.24, 2.45) is 40.2 Å². The molecule has 270 valence electrons. The van der Waals surface area contributed by atoms with Gasteiger partial charge in [-0.1, -0.05) is 79.5 Å². The van der Waals surface area contributed by atoms with Crippen molar-refractivity contribution in [1.29, 1.82) is 0 Å². The SMILES string of the molecule is CC(C)[C@H](NC(=O)N[C@H](C(=O)N1CC2[C@@H]([C@H]1C(=O)NC(CC1CC1)C(=O)C(N)=O)C2(C)C)C(C)(C)C)C(=O)N(C)S(=O)(=O)c1ccccc1. The molecule has 1 aliphatic heterocycles. The molecule has 6 amide bonds. The molecule has 15 heteroatoms. The number of sulfonamides is 1. The van der Waals surface area contributed by atoms with Gasteiger partial charge in [0.2, 0.25) is 17.6 Å². The first-order chi connectivity index (χ1) is 22.6. The standard InChI is InChI=1S/C34H50N6O8S/c1-18(2)24(30(44)39(8)49(47,48)20-12-10-9-11-13-20)37-32(46)38-27(33(3,4)5)31(45)40-17-21-23(34(21,6)7)25(40)29(43)36-22(16-19-14-15-19)26(41)28(35)42/h9-13,18-19,21-25,27H,14-17H2,1-8H3,(H2,35,42)(H,36,43)(H2,37,38,46)/t21?,22?,23-,24-,25-,27+/m0/s1. The van der Waals surface area contributed by atoms with Crippen LogP contribution in [0, 0.1) is 34.5 Å². The number of nitrogens with one attached hydrogen (secondary N) is 3. The summed E-state index contributed by atoms with van der Waals surface area (Å²) in [5, 5.41) is 7.98. The second-order valence-electron chi connectivity index (χ2n) is 15.6. The average Bonchev–Trinajstić information content (AvgIpc) is 3.87. The van der Waals surface area contributed by atoms with Crippen LogP contribution in [0.3, 0.4) is 0 Å². The number of hydrogen-bond acceptors (Lipinski definition) is 8. The van der Waals surface area contributed by atoms with Crippen molar-refractivity contribution in [2.45, 2.75) is 96.8 Å². The fraction of sp³-hybridized carbons (Fsp3) is 0.647. The maximum atomic E-state index is 14.3. The van der Waals surface area contributed by atoms with Crippen LogP contribution in [0.4, 0.5) is 4.79 Å². The third kappa shape index (κ3) is 7.92. The maximum absolute atomic E-state index is 14.3. The molecule has 1 heterocycles. The molecule has 0 bridgehead atoms. The Kier molecular flexibility index (Phi) is 10.6. The number of hydrogen-bond donors (Lipinski definition) is 4. The van der Waals surface area contributed by atoms with E-state index in [2.05, 4.69) is 16.0 Å². The summed E-state index contributed by atoms with van der Waals surface area (Å²) < 4.78 is 26.9. The van der Waals surface area contributed by atoms with Crippen LogP contribution in [-0.2, 0) is 34.0 Å². The van der Waals surface area contributed by atoms with Gasteiger partial charge in [-0.3, -0.25) is 24.0 Å². The zero-order valence-corrected chi connectivity index (χ0v) is 30.3. The molecule has 14 nitrogen and oxygen atoms in total. The van der Waals surface area contributed by atoms with Gasteiger partial charge in [-0.25, -0.2) is 17.5 Å². The van der Waals surface area contributed by atoms with Gasteiger partial charge in [0, 0.05) is 13.6 Å². The number of nitrogens with zero attached hydrogens (tertiary/aromatic N) is 2. The van der Waals surface area contributed by atoms with Crippen LogP contribution in [-0.4, -0.2) is 90.8 Å². The number of ketones is 1. The van der Waals surface area contributed by atoms with Gasteiger partial charge in [-0.05, 0) is 53.1 Å². The molecule has 3 aliphatic rings. The molecular weight excluding hydrogens is 652 g/mol. The largest absolute Gasteiger partial charge is 0.363 e. The highest BCUT2D eigenvalue weighted by molar-refractivity contribution is 7.89. The molecule has 2 unspecified atom stereocenters. The van der Waals surface area contributed by atoms with Gasteiger partial charge in [0.1, 0.15) is 18.1 Å². The number of benzene rings is 1. The predicted molar refractivity (Wildman–Crippen MR) is 180 cm³/mol. The summed E-state index contributed by atoms with van der Waals surface area (Å²) in [4.78, 5) is 80.8. The average molecular weight is 703 g/mol. The summed E-state index contributed by atoms with van der Waals surface area (Å²) in [6.07, 6.45) is 2.05. The van der Waals surface area contributed by atoms with Crippen LogP contribution < -0.4 is 21.7 Å². The Morgan fingerprint density at radius 1 is 1.00 bits per heavy atom. The summed E-state index contributed by atoms with van der Waals surface area (Å²) >= 11 is 0. The molecule has 49 heavy (non-hydrogen) atoms. The number of urea groups is 1. The zero-order chi connectivity index (χ0) is 36.8. The lowest BCUT2D eigenvalue weighted by Gasteiger charge is -2.38. The highest BCUT2D eigenvalue weighted by Crippen LogP contribution is 2.65. The first-order valence-corrected chi connectivity index (χ1v) is 18.1. The van der Waals surface area contributed by atoms with Gasteiger partial charge in [0.25, 0.3) is 21.8 Å². The van der Waals surface area contributed by atoms with Crippen molar-refractivity contribution in [3.8, 4) is 0 Å². The van der Waals surface area contributed by atoms with Gasteiger partial charge in [0.15, 0.2) is 0 Å². The molecule has 0 aromatic heterocycles. The minimum atomic E-state index is -4.20. The molecule has 1 saturated heterocycles. The number of amides is 6. The van der Waals surface area contributed by atoms with Crippen LogP contribution in [0.15, 0.2) is 35.2 Å². The van der Waals surface area contributed by atoms with Gasteiger partial charge < -0.3 is 26.6 Å². The quantitative estimate of drug-likeness (QED) is 0.221. The fourth-order valence-corrected chi connectivity index (χ4v) is 8.04. The van der Waals surface area contributed by atoms with Gasteiger partial charge >= 0.3 is 6.03 Å². The van der Waals surface area contributed by atoms with Crippen molar-refractivity contribution >= 4 is 45.5 Å². The molecule has 0 spiro atoms. The van der Waals surface area contributed by atoms with E-state index in [9.17, 15) is 37.2 Å². The van der Waals surface area contributed by atoms with Crippen molar-refractivity contribution in [3.63, 3.8) is 0 Å². The third-order valence-corrected chi connectivity index (χ3v) is 12.0. The normalized spacial score (nSPS) is 23.0. The molecule has 2 saturated carbocycles. The van der Waals surface area contributed by atoms with Crippen LogP contribution in [0.1, 0.15) is 67.7 Å². The Labute approximate surface area is 288 Å². The molecule has 0 radical (unpaired) electrons. The number of piperidine rings is 1. The highest BCUT2D eigenvalue weighted by Gasteiger charge is 2.70. The van der Waals surface area contributed by atoms with Crippen LogP contribution >= 0.6 is 0 Å². The number of nitrogens with two attached hydrogens (primary N) is 1. The lowest BCUT2D eigenvalue weighted by molar-refractivity contribution is -0.145. The fourth-order valence-electron chi connectivity index (χ4n) is 6.87. The van der Waals surface area contributed by atoms with E-state index in [1.165, 1.54) is 29.2 Å². The van der Waals surface area contributed by atoms with Crippen LogP contribution in [0.25, 0.3) is 0 Å². The Bertz CT molecular complexity index is 1600. The van der Waals surface area contributed by atoms with Crippen LogP contribution in [0.5, 0.6) is 0 Å². The van der Waals surface area contributed by atoms with E-state index in [1.54, 1.807) is 40.7 Å². The molecular formula is C34H50N6O8S. The van der Waals surface area contributed by atoms with E-state index in [-0.39, 0.29) is 41.0 Å². The van der Waals surface area contributed by atoms with Gasteiger partial charge in [-0.15, -0.1) is 0 Å². The highest BCUT2D eigenvalue weighted by atomic mass is 32.2. The second-order valence-corrected chi connectivity index (χ2v) is 17.6. The van der Waals surface area contributed by atoms with Crippen molar-refractivity contribution in [3.05, 3.63) is 30.3 Å². The summed E-state index contributed by atoms with van der Waals surface area (Å²) in [5.74, 6) is -4.50. The maximum Gasteiger partial charge on any atom is 0.316 e. The Balaban J connectivity index is 1.53. The smallest absolute Gasteiger partial charge is 0.316 e. The van der Waals surface area contributed by atoms with Crippen molar-refractivity contribution < 1.29 is 37.2 Å². The number of Topliss-reactive ketones (excluding diaryl/α,β-unsaturated/α-hetero) is 1. The molecule has 1 aromatic carbocycles. The van der Waals surface area contributed by atoms with E-state index in [0.717, 1.165) is 19.9 Å². The van der Waals surface area contributed by atoms with E-state index in [1.807, 2.05) is 13.8 Å². The minimum Gasteiger partial charge on any atom is -0.363 e. The number of primary amides is 1. The second kappa shape index (κ2) is 13.7. The molecule has 1 aromatic rings. The van der Waals surface area contributed by atoms with Crippen molar-refractivity contribution in [2.75, 3.05) is 13.6 Å². The van der Waals surface area contributed by atoms with E-state index in [0.29, 0.717) is 4.31 Å². The number of likely N-dealkylation sites (tertiary alicyclic amines) is 1. The molecule has 4 rings (SSSR count).